The average Bonchev–Trinajstić information content (AvgIpc) is 3.75. The Bertz CT molecular complexity index is 1940. The van der Waals surface area contributed by atoms with Gasteiger partial charge in [-0.3, -0.25) is 9.59 Å². The quantitative estimate of drug-likeness (QED) is 0.119. The molecule has 0 spiro atoms. The fraction of sp³-hybridized carbons (Fsp3) is 0.724. The fourth-order valence-electron chi connectivity index (χ4n) is 13.6. The molecule has 6 saturated carbocycles. The molecule has 0 aromatic heterocycles. The van der Waals surface area contributed by atoms with E-state index in [1.54, 1.807) is 13.8 Å². The molecule has 0 radical (unpaired) electrons. The number of allylic oxidation sites excluding steroid dienone is 6. The summed E-state index contributed by atoms with van der Waals surface area (Å²) in [5.41, 5.74) is 5.75. The zero-order valence-corrected chi connectivity index (χ0v) is 42.6. The van der Waals surface area contributed by atoms with Gasteiger partial charge < -0.3 is 29.9 Å². The maximum Gasteiger partial charge on any atom is 0.303 e. The normalized spacial score (nSPS) is 35.9. The van der Waals surface area contributed by atoms with Gasteiger partial charge in [-0.05, 0) is 173 Å². The largest absolute Gasteiger partial charge is 0.462 e. The Balaban J connectivity index is 0.000000251. The second kappa shape index (κ2) is 22.5. The number of fused-ring (bicyclic) bond motifs is 2. The van der Waals surface area contributed by atoms with Crippen LogP contribution in [0.15, 0.2) is 70.9 Å². The minimum atomic E-state index is -0.916. The van der Waals surface area contributed by atoms with E-state index in [2.05, 4.69) is 77.0 Å². The monoisotopic (exact) mass is 913 g/mol. The highest BCUT2D eigenvalue weighted by Crippen LogP contribution is 2.61. The highest BCUT2D eigenvalue weighted by molar-refractivity contribution is 5.67. The van der Waals surface area contributed by atoms with Crippen LogP contribution in [0.2, 0.25) is 0 Å². The number of aliphatic hydroxyl groups excluding tert-OH is 2. The maximum atomic E-state index is 11.6. The van der Waals surface area contributed by atoms with E-state index in [1.807, 2.05) is 13.8 Å². The van der Waals surface area contributed by atoms with Crippen LogP contribution in [0.1, 0.15) is 185 Å². The van der Waals surface area contributed by atoms with E-state index < -0.39 is 29.5 Å². The van der Waals surface area contributed by atoms with Crippen LogP contribution in [0.3, 0.4) is 0 Å². The first-order valence-electron chi connectivity index (χ1n) is 25.6. The summed E-state index contributed by atoms with van der Waals surface area (Å²) in [6, 6.07) is 0. The Morgan fingerprint density at radius 1 is 0.773 bits per heavy atom. The first kappa shape index (κ1) is 53.7. The predicted molar refractivity (Wildman–Crippen MR) is 266 cm³/mol. The number of ether oxygens (including phenoxy) is 2. The molecule has 8 heteroatoms. The number of rotatable bonds is 11. The molecular formula is C58H88O8. The zero-order chi connectivity index (χ0) is 48.8. The van der Waals surface area contributed by atoms with Crippen molar-refractivity contribution >= 4 is 11.9 Å². The molecule has 6 rings (SSSR count). The van der Waals surface area contributed by atoms with E-state index in [0.29, 0.717) is 72.0 Å². The summed E-state index contributed by atoms with van der Waals surface area (Å²) >= 11 is 0. The molecule has 8 nitrogen and oxygen atoms in total. The molecule has 0 heterocycles. The lowest BCUT2D eigenvalue weighted by atomic mass is 9.60. The summed E-state index contributed by atoms with van der Waals surface area (Å²) in [6.07, 6.45) is 25.2. The molecule has 0 aliphatic heterocycles. The van der Waals surface area contributed by atoms with E-state index in [9.17, 15) is 30.0 Å². The standard InChI is InChI=1S/C31H48O5.C27H40O3/c1-20(10-8-16-30(5,6)34)27-14-15-28-24(11-9-17-31(27,28)7)12-13-25-18-26(35-22(3)32)19-29(21(25)2)36-23(4)33;1-18(8-6-14-26(3,4)30)23-12-13-24-20(9-7-15-27(23,24)5)10-11-21-16-22(28)17-25(29)19(21)2/h12-13,20,26-29,34H,2,8-11,14-19H2,1,3-7H3;10-11,18,22-25,28-30H,2,7-9,12-13,15-17H2,1,3-5H3/b24-12+,25-13-;20-10+,21-11-/t20?,26?,27?,28?,29-,31+;18?,22?,23?,24?,25-,27+/m00/s1. The van der Waals surface area contributed by atoms with Crippen molar-refractivity contribution in [1.82, 2.24) is 0 Å². The summed E-state index contributed by atoms with van der Waals surface area (Å²) in [6.45, 7) is 28.1. The molecule has 8 unspecified atom stereocenters. The number of aliphatic hydroxyl groups is 4. The predicted octanol–water partition coefficient (Wildman–Crippen LogP) is 11.8. The topological polar surface area (TPSA) is 134 Å². The lowest BCUT2D eigenvalue weighted by Crippen LogP contribution is -2.36. The molecule has 6 aliphatic rings. The summed E-state index contributed by atoms with van der Waals surface area (Å²) in [7, 11) is 0. The van der Waals surface area contributed by atoms with Gasteiger partial charge >= 0.3 is 11.9 Å². The Kier molecular flexibility index (Phi) is 18.3. The minimum absolute atomic E-state index is 0.306. The Labute approximate surface area is 399 Å². The van der Waals surface area contributed by atoms with Crippen LogP contribution in [0.25, 0.3) is 0 Å². The highest BCUT2D eigenvalue weighted by Gasteiger charge is 2.52. The van der Waals surface area contributed by atoms with Gasteiger partial charge in [0.2, 0.25) is 0 Å². The number of hydrogen-bond acceptors (Lipinski definition) is 8. The van der Waals surface area contributed by atoms with Gasteiger partial charge in [0, 0.05) is 39.5 Å². The summed E-state index contributed by atoms with van der Waals surface area (Å²) < 4.78 is 11.0. The van der Waals surface area contributed by atoms with Crippen molar-refractivity contribution in [3.05, 3.63) is 70.9 Å². The Hall–Kier alpha value is -3.22. The number of esters is 2. The number of carbonyl (C=O) groups excluding carboxylic acids is 2. The van der Waals surface area contributed by atoms with Crippen LogP contribution < -0.4 is 0 Å². The van der Waals surface area contributed by atoms with Gasteiger partial charge in [-0.25, -0.2) is 0 Å². The van der Waals surface area contributed by atoms with E-state index >= 15 is 0 Å². The molecule has 4 N–H and O–H groups in total. The van der Waals surface area contributed by atoms with Crippen molar-refractivity contribution in [1.29, 1.82) is 0 Å². The molecule has 66 heavy (non-hydrogen) atoms. The van der Waals surface area contributed by atoms with Crippen molar-refractivity contribution < 1.29 is 39.5 Å². The summed E-state index contributed by atoms with van der Waals surface area (Å²) in [4.78, 5) is 23.2. The van der Waals surface area contributed by atoms with Gasteiger partial charge in [-0.2, -0.15) is 0 Å². The van der Waals surface area contributed by atoms with Gasteiger partial charge in [0.25, 0.3) is 0 Å². The third kappa shape index (κ3) is 14.0. The number of carbonyl (C=O) groups is 2. The fourth-order valence-corrected chi connectivity index (χ4v) is 13.6. The first-order valence-corrected chi connectivity index (χ1v) is 25.6. The smallest absolute Gasteiger partial charge is 0.303 e. The number of hydrogen-bond donors (Lipinski definition) is 4. The van der Waals surface area contributed by atoms with Gasteiger partial charge in [-0.15, -0.1) is 5.92 Å². The molecule has 0 amide bonds. The van der Waals surface area contributed by atoms with Crippen molar-refractivity contribution in [2.24, 2.45) is 46.3 Å². The van der Waals surface area contributed by atoms with E-state index in [1.165, 1.54) is 82.8 Å². The molecular weight excluding hydrogens is 825 g/mol. The van der Waals surface area contributed by atoms with Crippen molar-refractivity contribution in [2.45, 2.75) is 220 Å². The molecule has 6 fully saturated rings. The lowest BCUT2D eigenvalue weighted by molar-refractivity contribution is -0.152. The van der Waals surface area contributed by atoms with Crippen LogP contribution in [-0.2, 0) is 19.1 Å². The van der Waals surface area contributed by atoms with E-state index in [-0.39, 0.29) is 18.0 Å². The van der Waals surface area contributed by atoms with E-state index in [0.717, 1.165) is 54.4 Å². The third-order valence-electron chi connectivity index (χ3n) is 16.8. The molecule has 0 aromatic rings. The van der Waals surface area contributed by atoms with E-state index in [4.69, 9.17) is 9.47 Å². The van der Waals surface area contributed by atoms with Crippen LogP contribution >= 0.6 is 0 Å². The first-order chi connectivity index (χ1) is 30.8. The van der Waals surface area contributed by atoms with Crippen molar-refractivity contribution in [3.63, 3.8) is 0 Å². The molecule has 0 saturated heterocycles. The third-order valence-corrected chi connectivity index (χ3v) is 16.8. The summed E-state index contributed by atoms with van der Waals surface area (Å²) in [5, 5.41) is 40.1. The van der Waals surface area contributed by atoms with Crippen LogP contribution in [0, 0.1) is 58.2 Å². The molecule has 0 bridgehead atoms. The molecule has 368 valence electrons. The Morgan fingerprint density at radius 2 is 1.30 bits per heavy atom. The lowest BCUT2D eigenvalue weighted by Gasteiger charge is -2.44. The van der Waals surface area contributed by atoms with Gasteiger partial charge in [0.15, 0.2) is 0 Å². The van der Waals surface area contributed by atoms with Crippen LogP contribution in [0.4, 0.5) is 0 Å². The zero-order valence-electron chi connectivity index (χ0n) is 42.6. The summed E-state index contributed by atoms with van der Waals surface area (Å²) in [5.74, 6) is 9.28. The second-order valence-electron chi connectivity index (χ2n) is 23.2. The minimum Gasteiger partial charge on any atom is -0.462 e. The molecule has 0 aromatic carbocycles. The van der Waals surface area contributed by atoms with Crippen molar-refractivity contribution in [3.8, 4) is 11.8 Å². The molecule has 12 atom stereocenters. The van der Waals surface area contributed by atoms with Gasteiger partial charge in [-0.1, -0.05) is 95.1 Å². The van der Waals surface area contributed by atoms with Crippen molar-refractivity contribution in [2.75, 3.05) is 0 Å². The Morgan fingerprint density at radius 3 is 1.82 bits per heavy atom. The van der Waals surface area contributed by atoms with Gasteiger partial charge in [0.05, 0.1) is 17.8 Å². The maximum absolute atomic E-state index is 11.6. The van der Waals surface area contributed by atoms with Gasteiger partial charge in [0.1, 0.15) is 17.8 Å². The SMILES string of the molecule is C=C1/C(=C\C=C2/CCC[C@@]3(C)C2CCC3C(C)CC#CC(C)(C)O)CC(O)C[C@@H]1O.C=C1/C(=C\C=C2/CCC[C@@]3(C)C2CCC3C(C)CCCC(C)(C)O)CC(OC(C)=O)C[C@@H]1OC(C)=O. The van der Waals surface area contributed by atoms with Crippen LogP contribution in [0.5, 0.6) is 0 Å². The molecule has 6 aliphatic carbocycles. The second-order valence-corrected chi connectivity index (χ2v) is 23.2. The average molecular weight is 913 g/mol. The van der Waals surface area contributed by atoms with Crippen LogP contribution in [-0.4, -0.2) is 68.0 Å². The highest BCUT2D eigenvalue weighted by atomic mass is 16.6.